The molecule has 0 aliphatic heterocycles. The van der Waals surface area contributed by atoms with Gasteiger partial charge in [-0.15, -0.1) is 0 Å². The maximum absolute atomic E-state index is 12.0. The van der Waals surface area contributed by atoms with E-state index in [0.29, 0.717) is 25.7 Å². The van der Waals surface area contributed by atoms with Gasteiger partial charge in [-0.2, -0.15) is 0 Å². The van der Waals surface area contributed by atoms with Crippen LogP contribution in [0.1, 0.15) is 78.6 Å². The highest BCUT2D eigenvalue weighted by atomic mass is 16.5. The number of carbonyl (C=O) groups excluding carboxylic acids is 1. The molecule has 0 saturated heterocycles. The van der Waals surface area contributed by atoms with E-state index in [1.54, 1.807) is 0 Å². The Bertz CT molecular complexity index is 307. The largest absolute Gasteiger partial charge is 0.481 e. The molecule has 0 fully saturated rings. The summed E-state index contributed by atoms with van der Waals surface area (Å²) in [5.74, 6) is -1.65. The summed E-state index contributed by atoms with van der Waals surface area (Å²) in [5, 5.41) is 20.1. The van der Waals surface area contributed by atoms with Gasteiger partial charge in [0.1, 0.15) is 0 Å². The molecule has 0 rings (SSSR count). The van der Waals surface area contributed by atoms with Crippen molar-refractivity contribution in [2.45, 2.75) is 84.6 Å². The van der Waals surface area contributed by atoms with Crippen LogP contribution in [0.5, 0.6) is 0 Å². The Balaban J connectivity index is 4.62. The van der Waals surface area contributed by atoms with E-state index in [0.717, 1.165) is 37.2 Å². The van der Waals surface area contributed by atoms with Crippen molar-refractivity contribution >= 4 is 11.9 Å². The van der Waals surface area contributed by atoms with Gasteiger partial charge in [0.25, 0.3) is 0 Å². The number of amides is 1. The molecule has 0 aromatic rings. The van der Waals surface area contributed by atoms with E-state index >= 15 is 0 Å². The van der Waals surface area contributed by atoms with Crippen LogP contribution in [0.4, 0.5) is 0 Å². The lowest BCUT2D eigenvalue weighted by Crippen LogP contribution is -2.39. The highest BCUT2D eigenvalue weighted by Crippen LogP contribution is 2.20. The number of carboxylic acid groups (broad SMARTS) is 1. The van der Waals surface area contributed by atoms with Crippen molar-refractivity contribution in [3.05, 3.63) is 0 Å². The third-order valence-corrected chi connectivity index (χ3v) is 3.89. The van der Waals surface area contributed by atoms with Gasteiger partial charge in [-0.05, 0) is 25.7 Å². The molecule has 1 amide bonds. The standard InChI is InChI=1S/C16H31NO4/c1-4-7-9-11-15(18)17(21)14(10-8-5-2)12-13(6-3)16(19)20/h13-14,21H,4-12H2,1-3H3,(H,19,20)/t13-,14+/m0/s1. The number of carbonyl (C=O) groups is 2. The molecule has 0 spiro atoms. The van der Waals surface area contributed by atoms with E-state index in [4.69, 9.17) is 5.11 Å². The molecule has 0 saturated carbocycles. The summed E-state index contributed by atoms with van der Waals surface area (Å²) >= 11 is 0. The maximum Gasteiger partial charge on any atom is 0.306 e. The van der Waals surface area contributed by atoms with Gasteiger partial charge in [0, 0.05) is 6.42 Å². The first-order valence-electron chi connectivity index (χ1n) is 8.21. The Morgan fingerprint density at radius 3 is 2.14 bits per heavy atom. The summed E-state index contributed by atoms with van der Waals surface area (Å²) in [4.78, 5) is 23.1. The molecule has 2 atom stereocenters. The summed E-state index contributed by atoms with van der Waals surface area (Å²) in [6.45, 7) is 5.92. The van der Waals surface area contributed by atoms with Gasteiger partial charge in [0.15, 0.2) is 0 Å². The van der Waals surface area contributed by atoms with Crippen molar-refractivity contribution in [1.82, 2.24) is 5.06 Å². The summed E-state index contributed by atoms with van der Waals surface area (Å²) in [6, 6.07) is -0.389. The maximum atomic E-state index is 12.0. The number of unbranched alkanes of at least 4 members (excludes halogenated alkanes) is 3. The first-order chi connectivity index (χ1) is 9.97. The van der Waals surface area contributed by atoms with Crippen molar-refractivity contribution < 1.29 is 19.9 Å². The van der Waals surface area contributed by atoms with Crippen LogP contribution < -0.4 is 0 Å². The van der Waals surface area contributed by atoms with Gasteiger partial charge in [0.05, 0.1) is 12.0 Å². The minimum absolute atomic E-state index is 0.287. The average molecular weight is 301 g/mol. The van der Waals surface area contributed by atoms with Crippen LogP contribution in [0, 0.1) is 5.92 Å². The van der Waals surface area contributed by atoms with Crippen LogP contribution in [0.25, 0.3) is 0 Å². The lowest BCUT2D eigenvalue weighted by atomic mass is 9.94. The monoisotopic (exact) mass is 301 g/mol. The van der Waals surface area contributed by atoms with Crippen LogP contribution in [-0.2, 0) is 9.59 Å². The molecule has 0 aliphatic rings. The predicted molar refractivity (Wildman–Crippen MR) is 82.1 cm³/mol. The Morgan fingerprint density at radius 1 is 1.05 bits per heavy atom. The lowest BCUT2D eigenvalue weighted by Gasteiger charge is -2.28. The zero-order valence-corrected chi connectivity index (χ0v) is 13.7. The lowest BCUT2D eigenvalue weighted by molar-refractivity contribution is -0.179. The van der Waals surface area contributed by atoms with Crippen LogP contribution >= 0.6 is 0 Å². The first kappa shape index (κ1) is 19.9. The zero-order valence-electron chi connectivity index (χ0n) is 13.7. The van der Waals surface area contributed by atoms with Crippen molar-refractivity contribution in [2.75, 3.05) is 0 Å². The van der Waals surface area contributed by atoms with Gasteiger partial charge in [-0.3, -0.25) is 14.8 Å². The molecular weight excluding hydrogens is 270 g/mol. The normalized spacial score (nSPS) is 13.7. The minimum atomic E-state index is -0.856. The summed E-state index contributed by atoms with van der Waals surface area (Å²) in [5.41, 5.74) is 0. The quantitative estimate of drug-likeness (QED) is 0.326. The fraction of sp³-hybridized carbons (Fsp3) is 0.875. The molecule has 0 aromatic carbocycles. The molecule has 2 N–H and O–H groups in total. The van der Waals surface area contributed by atoms with Gasteiger partial charge in [-0.25, -0.2) is 5.06 Å². The van der Waals surface area contributed by atoms with E-state index in [9.17, 15) is 14.8 Å². The summed E-state index contributed by atoms with van der Waals surface area (Å²) < 4.78 is 0. The fourth-order valence-electron chi connectivity index (χ4n) is 2.39. The van der Waals surface area contributed by atoms with Crippen LogP contribution in [-0.4, -0.2) is 33.3 Å². The predicted octanol–water partition coefficient (Wildman–Crippen LogP) is 3.84. The Hall–Kier alpha value is -1.10. The van der Waals surface area contributed by atoms with Crippen LogP contribution in [0.3, 0.4) is 0 Å². The first-order valence-corrected chi connectivity index (χ1v) is 8.21. The summed E-state index contributed by atoms with van der Waals surface area (Å²) in [6.07, 6.45) is 6.40. The van der Waals surface area contributed by atoms with Crippen LogP contribution in [0.15, 0.2) is 0 Å². The molecule has 0 aromatic heterocycles. The van der Waals surface area contributed by atoms with Crippen molar-refractivity contribution in [2.24, 2.45) is 5.92 Å². The fourth-order valence-corrected chi connectivity index (χ4v) is 2.39. The molecule has 5 nitrogen and oxygen atoms in total. The molecule has 0 unspecified atom stereocenters. The molecule has 124 valence electrons. The zero-order chi connectivity index (χ0) is 16.3. The molecule has 0 heterocycles. The number of nitrogens with zero attached hydrogens (tertiary/aromatic N) is 1. The van der Waals surface area contributed by atoms with E-state index in [1.807, 2.05) is 13.8 Å². The SMILES string of the molecule is CCCCCC(=O)N(O)[C@H](CCCC)C[C@H](CC)C(=O)O. The second-order valence-corrected chi connectivity index (χ2v) is 5.67. The number of hydrogen-bond donors (Lipinski definition) is 2. The molecule has 21 heavy (non-hydrogen) atoms. The summed E-state index contributed by atoms with van der Waals surface area (Å²) in [7, 11) is 0. The molecule has 0 aliphatic carbocycles. The average Bonchev–Trinajstić information content (AvgIpc) is 2.46. The second-order valence-electron chi connectivity index (χ2n) is 5.67. The highest BCUT2D eigenvalue weighted by Gasteiger charge is 2.27. The van der Waals surface area contributed by atoms with Crippen molar-refractivity contribution in [1.29, 1.82) is 0 Å². The van der Waals surface area contributed by atoms with Gasteiger partial charge >= 0.3 is 5.97 Å². The Morgan fingerprint density at radius 2 is 1.67 bits per heavy atom. The topological polar surface area (TPSA) is 77.8 Å². The van der Waals surface area contributed by atoms with Crippen LogP contribution in [0.2, 0.25) is 0 Å². The number of rotatable bonds is 12. The molecule has 0 bridgehead atoms. The van der Waals surface area contributed by atoms with E-state index in [1.165, 1.54) is 0 Å². The third kappa shape index (κ3) is 8.05. The number of hydroxylamine groups is 2. The Kier molecular flexibility index (Phi) is 10.9. The second kappa shape index (κ2) is 11.5. The molecule has 5 heteroatoms. The van der Waals surface area contributed by atoms with Gasteiger partial charge < -0.3 is 5.11 Å². The van der Waals surface area contributed by atoms with Gasteiger partial charge in [-0.1, -0.05) is 46.5 Å². The molecule has 0 radical (unpaired) electrons. The van der Waals surface area contributed by atoms with Gasteiger partial charge in [0.2, 0.25) is 5.91 Å². The third-order valence-electron chi connectivity index (χ3n) is 3.89. The van der Waals surface area contributed by atoms with E-state index < -0.39 is 11.9 Å². The number of hydrogen-bond acceptors (Lipinski definition) is 3. The molecular formula is C16H31NO4. The highest BCUT2D eigenvalue weighted by molar-refractivity contribution is 5.75. The van der Waals surface area contributed by atoms with Crippen molar-refractivity contribution in [3.63, 3.8) is 0 Å². The Labute approximate surface area is 128 Å². The minimum Gasteiger partial charge on any atom is -0.481 e. The van der Waals surface area contributed by atoms with E-state index in [2.05, 4.69) is 6.92 Å². The van der Waals surface area contributed by atoms with E-state index in [-0.39, 0.29) is 11.9 Å². The number of carboxylic acids is 1. The smallest absolute Gasteiger partial charge is 0.306 e. The van der Waals surface area contributed by atoms with Crippen molar-refractivity contribution in [3.8, 4) is 0 Å². The number of aliphatic carboxylic acids is 1.